The van der Waals surface area contributed by atoms with Crippen LogP contribution >= 0.6 is 24.0 Å². The van der Waals surface area contributed by atoms with Gasteiger partial charge in [0.05, 0.1) is 6.10 Å². The van der Waals surface area contributed by atoms with E-state index in [0.717, 1.165) is 23.8 Å². The van der Waals surface area contributed by atoms with Crippen molar-refractivity contribution in [1.82, 2.24) is 25.2 Å². The SMILES string of the molecule is CN=C(NCc1cccnc1-n1ccnc1)NC1CC(OC)C1(C)C.I. The number of methoxy groups -OCH3 is 1. The van der Waals surface area contributed by atoms with E-state index in [9.17, 15) is 0 Å². The van der Waals surface area contributed by atoms with Crippen molar-refractivity contribution >= 4 is 29.9 Å². The minimum atomic E-state index is 0. The van der Waals surface area contributed by atoms with Crippen molar-refractivity contribution in [3.63, 3.8) is 0 Å². The zero-order valence-electron chi connectivity index (χ0n) is 15.6. The van der Waals surface area contributed by atoms with Crippen molar-refractivity contribution in [1.29, 1.82) is 0 Å². The number of imidazole rings is 1. The fourth-order valence-corrected chi connectivity index (χ4v) is 3.25. The summed E-state index contributed by atoms with van der Waals surface area (Å²) >= 11 is 0. The lowest BCUT2D eigenvalue weighted by atomic mass is 9.64. The number of nitrogens with one attached hydrogen (secondary N) is 2. The van der Waals surface area contributed by atoms with E-state index >= 15 is 0 Å². The highest BCUT2D eigenvalue weighted by molar-refractivity contribution is 14.0. The Balaban J connectivity index is 0.00000243. The standard InChI is InChI=1S/C18H26N6O.HI/c1-18(2)14(10-15(18)25-4)23-17(19-3)22-11-13-6-5-7-21-16(13)24-9-8-20-12-24;/h5-9,12,14-15H,10-11H2,1-4H3,(H2,19,22,23);1H. The molecular weight excluding hydrogens is 443 g/mol. The molecule has 2 aromatic heterocycles. The molecule has 0 spiro atoms. The lowest BCUT2D eigenvalue weighted by molar-refractivity contribution is -0.0922. The van der Waals surface area contributed by atoms with Gasteiger partial charge in [0.1, 0.15) is 12.1 Å². The molecule has 8 heteroatoms. The number of pyridine rings is 1. The van der Waals surface area contributed by atoms with Crippen molar-refractivity contribution in [2.45, 2.75) is 39.0 Å². The summed E-state index contributed by atoms with van der Waals surface area (Å²) in [5, 5.41) is 6.88. The van der Waals surface area contributed by atoms with E-state index in [2.05, 4.69) is 45.5 Å². The maximum absolute atomic E-state index is 5.52. The Hall–Kier alpha value is -1.68. The third-order valence-electron chi connectivity index (χ3n) is 5.06. The van der Waals surface area contributed by atoms with E-state index in [1.165, 1.54) is 0 Å². The summed E-state index contributed by atoms with van der Waals surface area (Å²) in [6.07, 6.45) is 8.44. The van der Waals surface area contributed by atoms with E-state index in [1.807, 2.05) is 16.8 Å². The number of aromatic nitrogens is 3. The van der Waals surface area contributed by atoms with E-state index in [-0.39, 0.29) is 35.5 Å². The number of nitrogens with zero attached hydrogens (tertiary/aromatic N) is 4. The molecule has 1 aliphatic rings. The molecule has 2 aromatic rings. The largest absolute Gasteiger partial charge is 0.381 e. The first kappa shape index (κ1) is 20.6. The third kappa shape index (κ3) is 4.17. The smallest absolute Gasteiger partial charge is 0.191 e. The fraction of sp³-hybridized carbons (Fsp3) is 0.500. The Labute approximate surface area is 171 Å². The third-order valence-corrected chi connectivity index (χ3v) is 5.06. The zero-order valence-corrected chi connectivity index (χ0v) is 18.0. The molecule has 2 unspecified atom stereocenters. The van der Waals surface area contributed by atoms with Gasteiger partial charge in [0.15, 0.2) is 5.96 Å². The Morgan fingerprint density at radius 3 is 2.85 bits per heavy atom. The van der Waals surface area contributed by atoms with Crippen LogP contribution in [0.2, 0.25) is 0 Å². The van der Waals surface area contributed by atoms with E-state index < -0.39 is 0 Å². The van der Waals surface area contributed by atoms with Crippen LogP contribution in [0.5, 0.6) is 0 Å². The van der Waals surface area contributed by atoms with Gasteiger partial charge in [0.2, 0.25) is 0 Å². The van der Waals surface area contributed by atoms with Gasteiger partial charge in [-0.1, -0.05) is 19.9 Å². The second-order valence-corrected chi connectivity index (χ2v) is 6.86. The fourth-order valence-electron chi connectivity index (χ4n) is 3.25. The van der Waals surface area contributed by atoms with Gasteiger partial charge in [-0.25, -0.2) is 9.97 Å². The Kier molecular flexibility index (Phi) is 6.99. The molecule has 1 aliphatic carbocycles. The number of aliphatic imine (C=N–C) groups is 1. The van der Waals surface area contributed by atoms with Gasteiger partial charge in [0.25, 0.3) is 0 Å². The summed E-state index contributed by atoms with van der Waals surface area (Å²) in [4.78, 5) is 12.9. The Morgan fingerprint density at radius 1 is 1.42 bits per heavy atom. The molecule has 2 N–H and O–H groups in total. The minimum absolute atomic E-state index is 0. The molecule has 0 bridgehead atoms. The summed E-state index contributed by atoms with van der Waals surface area (Å²) in [5.41, 5.74) is 1.16. The van der Waals surface area contributed by atoms with Crippen LogP contribution < -0.4 is 10.6 Å². The average molecular weight is 470 g/mol. The molecule has 0 aromatic carbocycles. The summed E-state index contributed by atoms with van der Waals surface area (Å²) in [5.74, 6) is 1.65. The van der Waals surface area contributed by atoms with Crippen LogP contribution in [0.15, 0.2) is 42.0 Å². The Bertz CT molecular complexity index is 731. The van der Waals surface area contributed by atoms with Gasteiger partial charge < -0.3 is 15.4 Å². The summed E-state index contributed by atoms with van der Waals surface area (Å²) in [6, 6.07) is 4.33. The van der Waals surface area contributed by atoms with Crippen molar-refractivity contribution in [2.75, 3.05) is 14.2 Å². The summed E-state index contributed by atoms with van der Waals surface area (Å²) in [6.45, 7) is 5.06. The van der Waals surface area contributed by atoms with E-state index in [0.29, 0.717) is 12.6 Å². The number of halogens is 1. The monoisotopic (exact) mass is 470 g/mol. The van der Waals surface area contributed by atoms with Crippen LogP contribution in [0.1, 0.15) is 25.8 Å². The summed E-state index contributed by atoms with van der Waals surface area (Å²) in [7, 11) is 3.56. The van der Waals surface area contributed by atoms with Crippen LogP contribution in [0, 0.1) is 5.41 Å². The molecule has 2 atom stereocenters. The van der Waals surface area contributed by atoms with Gasteiger partial charge in [-0.15, -0.1) is 24.0 Å². The molecule has 142 valence electrons. The first-order valence-electron chi connectivity index (χ1n) is 8.48. The number of hydrogen-bond donors (Lipinski definition) is 2. The van der Waals surface area contributed by atoms with Crippen molar-refractivity contribution in [3.05, 3.63) is 42.6 Å². The van der Waals surface area contributed by atoms with Crippen LogP contribution in [0.3, 0.4) is 0 Å². The second-order valence-electron chi connectivity index (χ2n) is 6.86. The van der Waals surface area contributed by atoms with Gasteiger partial charge in [-0.3, -0.25) is 9.56 Å². The van der Waals surface area contributed by atoms with Gasteiger partial charge in [0, 0.05) is 56.3 Å². The van der Waals surface area contributed by atoms with E-state index in [4.69, 9.17) is 4.74 Å². The van der Waals surface area contributed by atoms with Crippen LogP contribution in [0.25, 0.3) is 5.82 Å². The first-order valence-corrected chi connectivity index (χ1v) is 8.48. The summed E-state index contributed by atoms with van der Waals surface area (Å²) < 4.78 is 7.42. The van der Waals surface area contributed by atoms with E-state index in [1.54, 1.807) is 32.9 Å². The van der Waals surface area contributed by atoms with Crippen LogP contribution in [-0.2, 0) is 11.3 Å². The predicted octanol–water partition coefficient (Wildman–Crippen LogP) is 2.36. The molecule has 0 aliphatic heterocycles. The van der Waals surface area contributed by atoms with Crippen LogP contribution in [-0.4, -0.2) is 46.8 Å². The van der Waals surface area contributed by atoms with Gasteiger partial charge >= 0.3 is 0 Å². The number of hydrogen-bond acceptors (Lipinski definition) is 4. The highest BCUT2D eigenvalue weighted by Crippen LogP contribution is 2.42. The molecule has 0 amide bonds. The highest BCUT2D eigenvalue weighted by atomic mass is 127. The quantitative estimate of drug-likeness (QED) is 0.399. The number of guanidine groups is 1. The Morgan fingerprint density at radius 2 is 2.23 bits per heavy atom. The molecule has 26 heavy (non-hydrogen) atoms. The topological polar surface area (TPSA) is 76.4 Å². The molecule has 1 fully saturated rings. The van der Waals surface area contributed by atoms with Crippen LogP contribution in [0.4, 0.5) is 0 Å². The molecule has 2 heterocycles. The number of ether oxygens (including phenoxy) is 1. The van der Waals surface area contributed by atoms with Crippen molar-refractivity contribution in [2.24, 2.45) is 10.4 Å². The average Bonchev–Trinajstić information content (AvgIpc) is 3.15. The molecular formula is C18H27IN6O. The predicted molar refractivity (Wildman–Crippen MR) is 113 cm³/mol. The normalized spacial score (nSPS) is 21.5. The number of rotatable bonds is 5. The molecule has 0 saturated heterocycles. The molecule has 0 radical (unpaired) electrons. The minimum Gasteiger partial charge on any atom is -0.381 e. The van der Waals surface area contributed by atoms with Crippen molar-refractivity contribution < 1.29 is 4.74 Å². The van der Waals surface area contributed by atoms with Gasteiger partial charge in [-0.05, 0) is 12.5 Å². The van der Waals surface area contributed by atoms with Crippen molar-refractivity contribution in [3.8, 4) is 5.82 Å². The second kappa shape index (κ2) is 8.81. The lowest BCUT2D eigenvalue weighted by Gasteiger charge is -2.51. The maximum Gasteiger partial charge on any atom is 0.191 e. The maximum atomic E-state index is 5.52. The molecule has 3 rings (SSSR count). The highest BCUT2D eigenvalue weighted by Gasteiger charge is 2.48. The zero-order chi connectivity index (χ0) is 17.9. The van der Waals surface area contributed by atoms with Gasteiger partial charge in [-0.2, -0.15) is 0 Å². The first-order chi connectivity index (χ1) is 12.1. The lowest BCUT2D eigenvalue weighted by Crippen LogP contribution is -2.63. The molecule has 7 nitrogen and oxygen atoms in total. The molecule has 1 saturated carbocycles.